The molecule has 1 rings (SSSR count). The van der Waals surface area contributed by atoms with Crippen LogP contribution in [0.2, 0.25) is 0 Å². The van der Waals surface area contributed by atoms with E-state index in [1.165, 1.54) is 6.20 Å². The Kier molecular flexibility index (Phi) is 7.48. The van der Waals surface area contributed by atoms with Crippen molar-refractivity contribution >= 4 is 29.5 Å². The summed E-state index contributed by atoms with van der Waals surface area (Å²) in [4.78, 5) is 31.0. The molecule has 0 atom stereocenters. The number of amides is 1. The molecule has 1 aromatic rings. The Hall–Kier alpha value is -1.87. The number of anilines is 1. The van der Waals surface area contributed by atoms with Crippen molar-refractivity contribution in [3.8, 4) is 0 Å². The fraction of sp³-hybridized carbons (Fsp3) is 0.500. The highest BCUT2D eigenvalue weighted by Crippen LogP contribution is 2.16. The first-order chi connectivity index (χ1) is 10.1. The van der Waals surface area contributed by atoms with Crippen LogP contribution in [0.3, 0.4) is 0 Å². The van der Waals surface area contributed by atoms with Gasteiger partial charge in [-0.25, -0.2) is 14.8 Å². The lowest BCUT2D eigenvalue weighted by molar-refractivity contribution is -0.118. The van der Waals surface area contributed by atoms with Gasteiger partial charge in [0.15, 0.2) is 5.16 Å². The molecule has 0 bridgehead atoms. The van der Waals surface area contributed by atoms with Crippen molar-refractivity contribution < 1.29 is 19.1 Å². The molecule has 0 saturated carbocycles. The van der Waals surface area contributed by atoms with Crippen LogP contribution in [0.1, 0.15) is 17.3 Å². The Morgan fingerprint density at radius 1 is 1.48 bits per heavy atom. The number of esters is 1. The van der Waals surface area contributed by atoms with E-state index >= 15 is 0 Å². The number of nitrogens with one attached hydrogen (secondary N) is 1. The number of carbonyl (C=O) groups excluding carboxylic acids is 2. The number of nitrogens with zero attached hydrogens (tertiary/aromatic N) is 2. The fourth-order valence-electron chi connectivity index (χ4n) is 1.29. The molecule has 0 aliphatic heterocycles. The predicted molar refractivity (Wildman–Crippen MR) is 78.0 cm³/mol. The maximum atomic E-state index is 11.5. The van der Waals surface area contributed by atoms with E-state index in [2.05, 4.69) is 15.3 Å². The molecule has 0 aliphatic carbocycles. The van der Waals surface area contributed by atoms with Gasteiger partial charge in [0.2, 0.25) is 5.91 Å². The highest BCUT2D eigenvalue weighted by molar-refractivity contribution is 7.99. The summed E-state index contributed by atoms with van der Waals surface area (Å²) in [6.07, 6.45) is 1.30. The summed E-state index contributed by atoms with van der Waals surface area (Å²) >= 11 is 1.13. The SMILES string of the molecule is CCOC(=O)c1cnc(SCC(=O)NCCOC)nc1N. The van der Waals surface area contributed by atoms with Crippen LogP contribution in [0.15, 0.2) is 11.4 Å². The summed E-state index contributed by atoms with van der Waals surface area (Å²) in [7, 11) is 1.56. The quantitative estimate of drug-likeness (QED) is 0.300. The molecule has 116 valence electrons. The van der Waals surface area contributed by atoms with Crippen LogP contribution in [0.4, 0.5) is 5.82 Å². The molecular formula is C12H18N4O4S. The lowest BCUT2D eigenvalue weighted by Crippen LogP contribution is -2.28. The summed E-state index contributed by atoms with van der Waals surface area (Å²) in [5.74, 6) is -0.537. The fourth-order valence-corrected chi connectivity index (χ4v) is 1.94. The molecule has 1 heterocycles. The third-order valence-corrected chi connectivity index (χ3v) is 3.11. The summed E-state index contributed by atoms with van der Waals surface area (Å²) < 4.78 is 9.64. The van der Waals surface area contributed by atoms with Gasteiger partial charge < -0.3 is 20.5 Å². The molecular weight excluding hydrogens is 296 g/mol. The third kappa shape index (κ3) is 5.96. The van der Waals surface area contributed by atoms with Gasteiger partial charge in [0.05, 0.1) is 19.0 Å². The lowest BCUT2D eigenvalue weighted by Gasteiger charge is -2.06. The van der Waals surface area contributed by atoms with Gasteiger partial charge in [-0.1, -0.05) is 11.8 Å². The number of rotatable bonds is 8. The van der Waals surface area contributed by atoms with E-state index < -0.39 is 5.97 Å². The molecule has 1 amide bonds. The smallest absolute Gasteiger partial charge is 0.343 e. The average Bonchev–Trinajstić information content (AvgIpc) is 2.45. The Balaban J connectivity index is 2.52. The summed E-state index contributed by atoms with van der Waals surface area (Å²) in [5, 5.41) is 2.99. The zero-order chi connectivity index (χ0) is 15.7. The van der Waals surface area contributed by atoms with Gasteiger partial charge in [0, 0.05) is 19.9 Å². The molecule has 0 unspecified atom stereocenters. The first-order valence-corrected chi connectivity index (χ1v) is 7.25. The summed E-state index contributed by atoms with van der Waals surface area (Å²) in [6, 6.07) is 0. The average molecular weight is 314 g/mol. The number of carbonyl (C=O) groups is 2. The third-order valence-electron chi connectivity index (χ3n) is 2.25. The van der Waals surface area contributed by atoms with Gasteiger partial charge in [0.1, 0.15) is 11.4 Å². The van der Waals surface area contributed by atoms with Crippen LogP contribution >= 0.6 is 11.8 Å². The molecule has 0 fully saturated rings. The van der Waals surface area contributed by atoms with E-state index in [1.54, 1.807) is 14.0 Å². The highest BCUT2D eigenvalue weighted by atomic mass is 32.2. The van der Waals surface area contributed by atoms with Gasteiger partial charge in [-0.3, -0.25) is 4.79 Å². The van der Waals surface area contributed by atoms with E-state index in [1.807, 2.05) is 0 Å². The Bertz CT molecular complexity index is 498. The number of hydrogen-bond donors (Lipinski definition) is 2. The molecule has 0 aromatic carbocycles. The predicted octanol–water partition coefficient (Wildman–Crippen LogP) is 0.0902. The first kappa shape index (κ1) is 17.2. The van der Waals surface area contributed by atoms with Crippen LogP contribution in [0.5, 0.6) is 0 Å². The monoisotopic (exact) mass is 314 g/mol. The molecule has 1 aromatic heterocycles. The normalized spacial score (nSPS) is 10.2. The molecule has 21 heavy (non-hydrogen) atoms. The minimum atomic E-state index is -0.566. The van der Waals surface area contributed by atoms with Gasteiger partial charge in [0.25, 0.3) is 0 Å². The van der Waals surface area contributed by atoms with E-state index in [4.69, 9.17) is 15.2 Å². The molecule has 0 spiro atoms. The van der Waals surface area contributed by atoms with E-state index in [-0.39, 0.29) is 29.6 Å². The number of aromatic nitrogens is 2. The topological polar surface area (TPSA) is 116 Å². The number of thioether (sulfide) groups is 1. The Labute approximate surface area is 126 Å². The second-order valence-corrected chi connectivity index (χ2v) is 4.75. The second-order valence-electron chi connectivity index (χ2n) is 3.80. The maximum absolute atomic E-state index is 11.5. The van der Waals surface area contributed by atoms with Crippen molar-refractivity contribution in [3.63, 3.8) is 0 Å². The van der Waals surface area contributed by atoms with Gasteiger partial charge in [-0.05, 0) is 6.92 Å². The maximum Gasteiger partial charge on any atom is 0.343 e. The Morgan fingerprint density at radius 3 is 2.86 bits per heavy atom. The number of nitrogens with two attached hydrogens (primary N) is 1. The van der Waals surface area contributed by atoms with Crippen molar-refractivity contribution in [2.75, 3.05) is 38.4 Å². The molecule has 8 nitrogen and oxygen atoms in total. The second kappa shape index (κ2) is 9.14. The largest absolute Gasteiger partial charge is 0.462 e. The molecule has 0 saturated heterocycles. The van der Waals surface area contributed by atoms with Gasteiger partial charge in [-0.15, -0.1) is 0 Å². The molecule has 0 radical (unpaired) electrons. The van der Waals surface area contributed by atoms with E-state index in [0.717, 1.165) is 11.8 Å². The lowest BCUT2D eigenvalue weighted by atomic mass is 10.3. The zero-order valence-electron chi connectivity index (χ0n) is 11.9. The Morgan fingerprint density at radius 2 is 2.24 bits per heavy atom. The minimum Gasteiger partial charge on any atom is -0.462 e. The highest BCUT2D eigenvalue weighted by Gasteiger charge is 2.14. The van der Waals surface area contributed by atoms with Crippen molar-refractivity contribution in [1.29, 1.82) is 0 Å². The van der Waals surface area contributed by atoms with Crippen LogP contribution in [-0.2, 0) is 14.3 Å². The summed E-state index contributed by atoms with van der Waals surface area (Å²) in [6.45, 7) is 2.84. The van der Waals surface area contributed by atoms with Crippen molar-refractivity contribution in [2.24, 2.45) is 0 Å². The van der Waals surface area contributed by atoms with Crippen LogP contribution in [0, 0.1) is 0 Å². The minimum absolute atomic E-state index is 0.0331. The summed E-state index contributed by atoms with van der Waals surface area (Å²) in [5.41, 5.74) is 5.79. The number of nitrogen functional groups attached to an aromatic ring is 1. The number of hydrogen-bond acceptors (Lipinski definition) is 8. The molecule has 3 N–H and O–H groups in total. The van der Waals surface area contributed by atoms with Crippen LogP contribution in [0.25, 0.3) is 0 Å². The van der Waals surface area contributed by atoms with Crippen molar-refractivity contribution in [3.05, 3.63) is 11.8 Å². The standard InChI is InChI=1S/C12H18N4O4S/c1-3-20-11(18)8-6-15-12(16-10(8)13)21-7-9(17)14-4-5-19-2/h6H,3-5,7H2,1-2H3,(H,14,17)(H2,13,15,16). The van der Waals surface area contributed by atoms with Gasteiger partial charge in [-0.2, -0.15) is 0 Å². The van der Waals surface area contributed by atoms with Crippen molar-refractivity contribution in [1.82, 2.24) is 15.3 Å². The van der Waals surface area contributed by atoms with Gasteiger partial charge >= 0.3 is 5.97 Å². The van der Waals surface area contributed by atoms with Crippen LogP contribution < -0.4 is 11.1 Å². The number of methoxy groups -OCH3 is 1. The molecule has 0 aliphatic rings. The number of ether oxygens (including phenoxy) is 2. The van der Waals surface area contributed by atoms with E-state index in [9.17, 15) is 9.59 Å². The van der Waals surface area contributed by atoms with Crippen LogP contribution in [-0.4, -0.2) is 54.5 Å². The first-order valence-electron chi connectivity index (χ1n) is 6.26. The zero-order valence-corrected chi connectivity index (χ0v) is 12.7. The van der Waals surface area contributed by atoms with Crippen molar-refractivity contribution in [2.45, 2.75) is 12.1 Å². The molecule has 9 heteroatoms. The van der Waals surface area contributed by atoms with E-state index in [0.29, 0.717) is 18.3 Å².